The number of hydrogen-bond acceptors (Lipinski definition) is 13. The van der Waals surface area contributed by atoms with Crippen molar-refractivity contribution in [2.45, 2.75) is 291 Å². The molecule has 0 N–H and O–H groups in total. The number of likely N-dealkylation sites (N-methyl/N-ethyl adjacent to an activating group) is 1. The van der Waals surface area contributed by atoms with Gasteiger partial charge in [0.25, 0.3) is 0 Å². The number of aromatic nitrogens is 3. The Bertz CT molecular complexity index is 2530. The van der Waals surface area contributed by atoms with Crippen molar-refractivity contribution in [3.63, 3.8) is 0 Å². The van der Waals surface area contributed by atoms with Crippen LogP contribution >= 0.6 is 0 Å². The first-order valence-electron chi connectivity index (χ1n) is 35.0. The number of nitriles is 1. The van der Waals surface area contributed by atoms with E-state index in [1.807, 2.05) is 58.3 Å². The summed E-state index contributed by atoms with van der Waals surface area (Å²) in [5.41, 5.74) is 3.56. The van der Waals surface area contributed by atoms with Crippen molar-refractivity contribution in [2.75, 3.05) is 38.3 Å². The predicted molar refractivity (Wildman–Crippen MR) is 359 cm³/mol. The van der Waals surface area contributed by atoms with E-state index in [4.69, 9.17) is 24.2 Å². The Balaban J connectivity index is 1.16. The minimum atomic E-state index is -0.891. The molecule has 1 aliphatic rings. The van der Waals surface area contributed by atoms with Gasteiger partial charge in [-0.2, -0.15) is 5.26 Å². The number of amides is 1. The van der Waals surface area contributed by atoms with E-state index in [0.717, 1.165) is 136 Å². The third-order valence-corrected chi connectivity index (χ3v) is 17.5. The van der Waals surface area contributed by atoms with Crippen LogP contribution in [0.4, 0.5) is 5.82 Å². The molecule has 1 aromatic carbocycles. The maximum Gasteiger partial charge on any atom is 0.311 e. The van der Waals surface area contributed by atoms with Gasteiger partial charge in [0, 0.05) is 58.6 Å². The van der Waals surface area contributed by atoms with Gasteiger partial charge in [-0.25, -0.2) is 9.97 Å². The number of benzene rings is 1. The first-order valence-corrected chi connectivity index (χ1v) is 35.0. The van der Waals surface area contributed by atoms with Crippen molar-refractivity contribution in [3.8, 4) is 11.8 Å². The standard InChI is InChI=1S/C74H116N6O9/c1-8-10-12-14-16-18-20-22-24-26-28-30-32-34-38-42-68(82)86-56-64(57-87-69(83)43-39-35-33-31-29-27-25-23-21-19-17-15-13-11-9-2)88-71(85)51-59(3)41-37-36-40-44-70(84)89-72-61(5)52-63(53-62(72)6)54-80-50-47-65-73(76-58-77-74(65)80)78(7)66-55-79(49-46-60(66)4)67(81)45-48-75/h22-25,47,50,52-53,58-60,64,66H,8-21,26-46,49,51,54-57H2,1-7H3/b24-22-,25-23-/t59?,60-,66+/m1/s1. The van der Waals surface area contributed by atoms with Crippen LogP contribution in [0.5, 0.6) is 5.75 Å². The van der Waals surface area contributed by atoms with E-state index in [0.29, 0.717) is 50.6 Å². The fourth-order valence-corrected chi connectivity index (χ4v) is 12.0. The number of esters is 4. The van der Waals surface area contributed by atoms with Crippen molar-refractivity contribution in [1.82, 2.24) is 19.4 Å². The molecule has 2 aromatic heterocycles. The first kappa shape index (κ1) is 75.4. The van der Waals surface area contributed by atoms with Gasteiger partial charge in [0.1, 0.15) is 43.2 Å². The predicted octanol–water partition coefficient (Wildman–Crippen LogP) is 17.6. The molecule has 0 bridgehead atoms. The molecular weight excluding hydrogens is 1120 g/mol. The number of allylic oxidation sites excluding steroid dienone is 4. The van der Waals surface area contributed by atoms with E-state index in [-0.39, 0.29) is 68.3 Å². The summed E-state index contributed by atoms with van der Waals surface area (Å²) in [5.74, 6) is 0.157. The highest BCUT2D eigenvalue weighted by molar-refractivity contribution is 5.88. The summed E-state index contributed by atoms with van der Waals surface area (Å²) in [6, 6.07) is 8.14. The van der Waals surface area contributed by atoms with Gasteiger partial charge in [-0.1, -0.05) is 186 Å². The second kappa shape index (κ2) is 46.1. The third-order valence-electron chi connectivity index (χ3n) is 17.5. The van der Waals surface area contributed by atoms with Gasteiger partial charge in [-0.15, -0.1) is 0 Å². The van der Waals surface area contributed by atoms with Crippen LogP contribution in [0.15, 0.2) is 55.0 Å². The molecule has 0 spiro atoms. The topological polar surface area (TPSA) is 183 Å². The second-order valence-corrected chi connectivity index (χ2v) is 25.6. The largest absolute Gasteiger partial charge is 0.462 e. The minimum absolute atomic E-state index is 0.0119. The van der Waals surface area contributed by atoms with E-state index in [9.17, 15) is 24.0 Å². The summed E-state index contributed by atoms with van der Waals surface area (Å²) in [6.07, 6.45) is 47.3. The molecule has 4 rings (SSSR count). The van der Waals surface area contributed by atoms with Crippen LogP contribution in [0.3, 0.4) is 0 Å². The Morgan fingerprint density at radius 3 is 1.70 bits per heavy atom. The number of fused-ring (bicyclic) bond motifs is 1. The lowest BCUT2D eigenvalue weighted by atomic mass is 9.92. The molecule has 15 heteroatoms. The lowest BCUT2D eigenvalue weighted by Gasteiger charge is -2.42. The fourth-order valence-electron chi connectivity index (χ4n) is 12.0. The number of carbonyl (C=O) groups is 5. The van der Waals surface area contributed by atoms with Crippen LogP contribution in [0.1, 0.15) is 276 Å². The van der Waals surface area contributed by atoms with E-state index >= 15 is 0 Å². The number of carbonyl (C=O) groups excluding carboxylic acids is 5. The summed E-state index contributed by atoms with van der Waals surface area (Å²) in [4.78, 5) is 78.1. The van der Waals surface area contributed by atoms with Gasteiger partial charge in [0.15, 0.2) is 6.10 Å². The van der Waals surface area contributed by atoms with E-state index in [1.165, 1.54) is 89.9 Å². The van der Waals surface area contributed by atoms with Gasteiger partial charge < -0.3 is 33.3 Å². The average Bonchev–Trinajstić information content (AvgIpc) is 2.26. The normalized spacial score (nSPS) is 14.6. The van der Waals surface area contributed by atoms with Crippen LogP contribution in [-0.2, 0) is 44.7 Å². The summed E-state index contributed by atoms with van der Waals surface area (Å²) in [5, 5.41) is 10.0. The van der Waals surface area contributed by atoms with E-state index < -0.39 is 12.1 Å². The number of piperidine rings is 1. The van der Waals surface area contributed by atoms with Gasteiger partial charge >= 0.3 is 23.9 Å². The molecule has 3 heterocycles. The Morgan fingerprint density at radius 2 is 1.17 bits per heavy atom. The molecule has 3 aromatic rings. The Labute approximate surface area is 536 Å². The van der Waals surface area contributed by atoms with Crippen molar-refractivity contribution in [1.29, 1.82) is 5.26 Å². The molecule has 1 fully saturated rings. The van der Waals surface area contributed by atoms with E-state index in [1.54, 1.807) is 11.2 Å². The number of likely N-dealkylation sites (tertiary alicyclic amines) is 1. The smallest absolute Gasteiger partial charge is 0.311 e. The highest BCUT2D eigenvalue weighted by atomic mass is 16.6. The van der Waals surface area contributed by atoms with Crippen LogP contribution in [0.25, 0.3) is 11.0 Å². The number of hydrogen-bond donors (Lipinski definition) is 0. The van der Waals surface area contributed by atoms with Crippen LogP contribution in [-0.4, -0.2) is 94.7 Å². The summed E-state index contributed by atoms with van der Waals surface area (Å²) in [7, 11) is 2.01. The lowest BCUT2D eigenvalue weighted by molar-refractivity contribution is -0.167. The molecule has 496 valence electrons. The van der Waals surface area contributed by atoms with Crippen LogP contribution in [0.2, 0.25) is 0 Å². The molecule has 3 atom stereocenters. The van der Waals surface area contributed by atoms with Crippen LogP contribution in [0, 0.1) is 37.0 Å². The summed E-state index contributed by atoms with van der Waals surface area (Å²) >= 11 is 0. The number of unbranched alkanes of at least 4 members (excludes halogenated alkanes) is 24. The number of anilines is 1. The fraction of sp³-hybridized carbons (Fsp3) is 0.703. The van der Waals surface area contributed by atoms with Crippen molar-refractivity contribution in [3.05, 3.63) is 71.7 Å². The van der Waals surface area contributed by atoms with Crippen molar-refractivity contribution >= 4 is 46.6 Å². The number of rotatable bonds is 49. The number of ether oxygens (including phenoxy) is 4. The SMILES string of the molecule is CCCCCCCC/C=C\CCCCCCCC(=O)OCC(COC(=O)CCCCCCC/C=C\CCCCCCCC)OC(=O)CC(C)CCCCCC(=O)Oc1c(C)cc(Cn2ccc3c(N(C)[C@H]4CN(C(=O)CC#N)CC[C@H]4C)ncnc32)cc1C. The minimum Gasteiger partial charge on any atom is -0.462 e. The van der Waals surface area contributed by atoms with Gasteiger partial charge in [0.2, 0.25) is 5.91 Å². The number of nitrogens with zero attached hydrogens (tertiary/aromatic N) is 6. The maximum atomic E-state index is 13.3. The second-order valence-electron chi connectivity index (χ2n) is 25.6. The molecule has 89 heavy (non-hydrogen) atoms. The zero-order valence-electron chi connectivity index (χ0n) is 56.4. The molecule has 0 saturated carbocycles. The first-order chi connectivity index (χ1) is 43.2. The van der Waals surface area contributed by atoms with Gasteiger partial charge in [-0.05, 0) is 125 Å². The summed E-state index contributed by atoms with van der Waals surface area (Å²) in [6.45, 7) is 14.0. The quantitative estimate of drug-likeness (QED) is 0.0171. The molecule has 1 amide bonds. The molecule has 1 saturated heterocycles. The van der Waals surface area contributed by atoms with Crippen molar-refractivity contribution < 1.29 is 42.9 Å². The van der Waals surface area contributed by atoms with Crippen molar-refractivity contribution in [2.24, 2.45) is 11.8 Å². The molecule has 15 nitrogen and oxygen atoms in total. The Morgan fingerprint density at radius 1 is 0.674 bits per heavy atom. The maximum absolute atomic E-state index is 13.3. The molecule has 1 unspecified atom stereocenters. The lowest BCUT2D eigenvalue weighted by Crippen LogP contribution is -2.52. The monoisotopic (exact) mass is 1230 g/mol. The Hall–Kier alpha value is -6.04. The highest BCUT2D eigenvalue weighted by Gasteiger charge is 2.33. The molecule has 1 aliphatic heterocycles. The average molecular weight is 1230 g/mol. The zero-order chi connectivity index (χ0) is 64.3. The molecular formula is C74H116N6O9. The Kier molecular flexibility index (Phi) is 39.1. The van der Waals surface area contributed by atoms with Gasteiger partial charge in [0.05, 0.1) is 17.5 Å². The summed E-state index contributed by atoms with van der Waals surface area (Å²) < 4.78 is 25.1. The highest BCUT2D eigenvalue weighted by Crippen LogP contribution is 2.32. The van der Waals surface area contributed by atoms with Crippen LogP contribution < -0.4 is 9.64 Å². The number of aryl methyl sites for hydroxylation is 2. The van der Waals surface area contributed by atoms with Gasteiger partial charge in [-0.3, -0.25) is 24.0 Å². The van der Waals surface area contributed by atoms with E-state index in [2.05, 4.69) is 64.5 Å². The molecule has 0 aliphatic carbocycles. The third kappa shape index (κ3) is 31.5. The zero-order valence-corrected chi connectivity index (χ0v) is 56.4. The molecule has 0 radical (unpaired) electrons.